The molecule has 0 radical (unpaired) electrons. The highest BCUT2D eigenvalue weighted by atomic mass is 16.5. The molecule has 1 N–H and O–H groups in total. The average Bonchev–Trinajstić information content (AvgIpc) is 2.39. The van der Waals surface area contributed by atoms with Gasteiger partial charge < -0.3 is 14.8 Å². The molecule has 0 aromatic heterocycles. The Morgan fingerprint density at radius 1 is 1.05 bits per heavy atom. The predicted octanol–water partition coefficient (Wildman–Crippen LogP) is 2.15. The lowest BCUT2D eigenvalue weighted by molar-refractivity contribution is 0.122. The van der Waals surface area contributed by atoms with Crippen molar-refractivity contribution in [3.8, 4) is 11.5 Å². The molecule has 20 heavy (non-hydrogen) atoms. The molecule has 4 nitrogen and oxygen atoms in total. The zero-order chi connectivity index (χ0) is 14.2. The summed E-state index contributed by atoms with van der Waals surface area (Å²) in [5.41, 5.74) is 0. The van der Waals surface area contributed by atoms with Crippen LogP contribution in [-0.2, 0) is 0 Å². The number of hydrogen-bond donors (Lipinski definition) is 1. The van der Waals surface area contributed by atoms with Crippen LogP contribution in [0.3, 0.4) is 0 Å². The standard InChI is InChI=1S/C16H26N2O2/c1-3-9-18(14-12-17-13-14)10-11-20-16-7-5-15(6-8-16)19-4-2/h5-8,14,17H,3-4,9-13H2,1-2H3. The van der Waals surface area contributed by atoms with Crippen LogP contribution in [0.1, 0.15) is 20.3 Å². The number of ether oxygens (including phenoxy) is 2. The predicted molar refractivity (Wildman–Crippen MR) is 81.6 cm³/mol. The van der Waals surface area contributed by atoms with E-state index in [0.29, 0.717) is 12.6 Å². The maximum absolute atomic E-state index is 5.82. The van der Waals surface area contributed by atoms with Crippen LogP contribution in [0, 0.1) is 0 Å². The third kappa shape index (κ3) is 4.39. The third-order valence-electron chi connectivity index (χ3n) is 3.57. The lowest BCUT2D eigenvalue weighted by Crippen LogP contribution is -2.58. The number of nitrogens with one attached hydrogen (secondary N) is 1. The van der Waals surface area contributed by atoms with E-state index in [-0.39, 0.29) is 0 Å². The van der Waals surface area contributed by atoms with E-state index in [1.54, 1.807) is 0 Å². The molecule has 112 valence electrons. The van der Waals surface area contributed by atoms with E-state index in [4.69, 9.17) is 9.47 Å². The van der Waals surface area contributed by atoms with Crippen LogP contribution in [0.15, 0.2) is 24.3 Å². The zero-order valence-electron chi connectivity index (χ0n) is 12.6. The number of nitrogens with zero attached hydrogens (tertiary/aromatic N) is 1. The van der Waals surface area contributed by atoms with Crippen LogP contribution in [0.4, 0.5) is 0 Å². The van der Waals surface area contributed by atoms with Crippen LogP contribution in [0.2, 0.25) is 0 Å². The molecule has 1 aromatic rings. The highest BCUT2D eigenvalue weighted by molar-refractivity contribution is 5.31. The molecule has 1 aliphatic heterocycles. The minimum absolute atomic E-state index is 0.693. The number of benzene rings is 1. The first-order valence-electron chi connectivity index (χ1n) is 7.64. The van der Waals surface area contributed by atoms with Gasteiger partial charge in [-0.1, -0.05) is 6.92 Å². The molecule has 0 aliphatic carbocycles. The van der Waals surface area contributed by atoms with Crippen LogP contribution < -0.4 is 14.8 Å². The summed E-state index contributed by atoms with van der Waals surface area (Å²) < 4.78 is 11.2. The Labute approximate surface area is 122 Å². The van der Waals surface area contributed by atoms with Crippen molar-refractivity contribution in [2.75, 3.05) is 39.4 Å². The van der Waals surface area contributed by atoms with Crippen molar-refractivity contribution in [3.05, 3.63) is 24.3 Å². The fourth-order valence-corrected chi connectivity index (χ4v) is 2.38. The Morgan fingerprint density at radius 3 is 2.20 bits per heavy atom. The summed E-state index contributed by atoms with van der Waals surface area (Å²) in [6, 6.07) is 8.55. The molecule has 1 fully saturated rings. The van der Waals surface area contributed by atoms with Crippen LogP contribution in [0.5, 0.6) is 11.5 Å². The van der Waals surface area contributed by atoms with Gasteiger partial charge >= 0.3 is 0 Å². The molecule has 1 saturated heterocycles. The van der Waals surface area contributed by atoms with Gasteiger partial charge in [-0.15, -0.1) is 0 Å². The molecule has 1 heterocycles. The number of hydrogen-bond acceptors (Lipinski definition) is 4. The summed E-state index contributed by atoms with van der Waals surface area (Å²) in [4.78, 5) is 2.52. The maximum Gasteiger partial charge on any atom is 0.119 e. The normalized spacial score (nSPS) is 15.2. The number of rotatable bonds is 9. The molecule has 1 aliphatic rings. The Hall–Kier alpha value is -1.26. The Balaban J connectivity index is 1.73. The van der Waals surface area contributed by atoms with Gasteiger partial charge in [-0.2, -0.15) is 0 Å². The summed E-state index contributed by atoms with van der Waals surface area (Å²) in [7, 11) is 0. The van der Waals surface area contributed by atoms with Gasteiger partial charge in [0.25, 0.3) is 0 Å². The van der Waals surface area contributed by atoms with E-state index in [1.807, 2.05) is 31.2 Å². The monoisotopic (exact) mass is 278 g/mol. The molecular formula is C16H26N2O2. The average molecular weight is 278 g/mol. The molecule has 0 atom stereocenters. The van der Waals surface area contributed by atoms with E-state index >= 15 is 0 Å². The van der Waals surface area contributed by atoms with E-state index in [9.17, 15) is 0 Å². The first kappa shape index (κ1) is 15.1. The van der Waals surface area contributed by atoms with Gasteiger partial charge in [-0.3, -0.25) is 4.90 Å². The van der Waals surface area contributed by atoms with Gasteiger partial charge in [0, 0.05) is 25.7 Å². The van der Waals surface area contributed by atoms with E-state index in [2.05, 4.69) is 17.1 Å². The smallest absolute Gasteiger partial charge is 0.119 e. The van der Waals surface area contributed by atoms with Crippen LogP contribution >= 0.6 is 0 Å². The minimum Gasteiger partial charge on any atom is -0.494 e. The third-order valence-corrected chi connectivity index (χ3v) is 3.57. The first-order valence-corrected chi connectivity index (χ1v) is 7.64. The van der Waals surface area contributed by atoms with Gasteiger partial charge in [0.15, 0.2) is 0 Å². The van der Waals surface area contributed by atoms with Gasteiger partial charge in [-0.05, 0) is 44.2 Å². The molecule has 0 bridgehead atoms. The van der Waals surface area contributed by atoms with Crippen molar-refractivity contribution in [1.82, 2.24) is 10.2 Å². The Kier molecular flexibility index (Phi) is 6.15. The van der Waals surface area contributed by atoms with Gasteiger partial charge in [-0.25, -0.2) is 0 Å². The molecule has 0 unspecified atom stereocenters. The summed E-state index contributed by atoms with van der Waals surface area (Å²) in [5.74, 6) is 1.81. The van der Waals surface area contributed by atoms with Crippen molar-refractivity contribution in [2.24, 2.45) is 0 Å². The van der Waals surface area contributed by atoms with Gasteiger partial charge in [0.2, 0.25) is 0 Å². The topological polar surface area (TPSA) is 33.7 Å². The second-order valence-electron chi connectivity index (χ2n) is 5.10. The second kappa shape index (κ2) is 8.12. The highest BCUT2D eigenvalue weighted by Gasteiger charge is 2.23. The van der Waals surface area contributed by atoms with Crippen LogP contribution in [-0.4, -0.2) is 50.3 Å². The van der Waals surface area contributed by atoms with Crippen molar-refractivity contribution in [1.29, 1.82) is 0 Å². The SMILES string of the molecule is CCCN(CCOc1ccc(OCC)cc1)C1CNC1. The Morgan fingerprint density at radius 2 is 1.70 bits per heavy atom. The fraction of sp³-hybridized carbons (Fsp3) is 0.625. The van der Waals surface area contributed by atoms with Crippen molar-refractivity contribution in [2.45, 2.75) is 26.3 Å². The largest absolute Gasteiger partial charge is 0.494 e. The quantitative estimate of drug-likeness (QED) is 0.750. The zero-order valence-corrected chi connectivity index (χ0v) is 12.6. The molecule has 1 aromatic carbocycles. The fourth-order valence-electron chi connectivity index (χ4n) is 2.38. The van der Waals surface area contributed by atoms with Crippen molar-refractivity contribution in [3.63, 3.8) is 0 Å². The van der Waals surface area contributed by atoms with E-state index in [0.717, 1.165) is 44.3 Å². The highest BCUT2D eigenvalue weighted by Crippen LogP contribution is 2.17. The van der Waals surface area contributed by atoms with Gasteiger partial charge in [0.05, 0.1) is 6.61 Å². The minimum atomic E-state index is 0.693. The first-order chi connectivity index (χ1) is 9.83. The lowest BCUT2D eigenvalue weighted by Gasteiger charge is -2.38. The molecular weight excluding hydrogens is 252 g/mol. The molecule has 0 amide bonds. The van der Waals surface area contributed by atoms with Gasteiger partial charge in [0.1, 0.15) is 18.1 Å². The Bertz CT molecular complexity index is 377. The molecule has 2 rings (SSSR count). The lowest BCUT2D eigenvalue weighted by atomic mass is 10.1. The van der Waals surface area contributed by atoms with Crippen molar-refractivity contribution < 1.29 is 9.47 Å². The maximum atomic E-state index is 5.82. The molecule has 0 saturated carbocycles. The molecule has 0 spiro atoms. The van der Waals surface area contributed by atoms with Crippen LogP contribution in [0.25, 0.3) is 0 Å². The summed E-state index contributed by atoms with van der Waals surface area (Å²) in [6.07, 6.45) is 1.19. The summed E-state index contributed by atoms with van der Waals surface area (Å²) >= 11 is 0. The summed E-state index contributed by atoms with van der Waals surface area (Å²) in [5, 5.41) is 3.33. The molecule has 4 heteroatoms. The van der Waals surface area contributed by atoms with E-state index in [1.165, 1.54) is 6.42 Å². The second-order valence-corrected chi connectivity index (χ2v) is 5.10. The summed E-state index contributed by atoms with van der Waals surface area (Å²) in [6.45, 7) is 10.0. The van der Waals surface area contributed by atoms with Crippen molar-refractivity contribution >= 4 is 0 Å². The van der Waals surface area contributed by atoms with E-state index < -0.39 is 0 Å².